The van der Waals surface area contributed by atoms with Crippen LogP contribution in [0.15, 0.2) is 11.0 Å². The number of hydrogen-bond donors (Lipinski definition) is 0. The molecule has 0 unspecified atom stereocenters. The standard InChI is InChI=1S/C19H30O4S/c1-17(2,3)13-10-14(18(4,5)6)16(24(21,22)23)15(12(13)11-20)19(7,8)9/h10-11H,1-9H3,(H,21,22,23)/p-1. The van der Waals surface area contributed by atoms with Crippen molar-refractivity contribution in [2.45, 2.75) is 83.5 Å². The maximum absolute atomic E-state index is 12.1. The molecule has 1 aromatic rings. The van der Waals surface area contributed by atoms with Crippen molar-refractivity contribution in [3.8, 4) is 0 Å². The fourth-order valence-corrected chi connectivity index (χ4v) is 4.28. The molecular weight excluding hydrogens is 324 g/mol. The quantitative estimate of drug-likeness (QED) is 0.587. The predicted molar refractivity (Wildman–Crippen MR) is 95.9 cm³/mol. The Kier molecular flexibility index (Phi) is 5.17. The minimum Gasteiger partial charge on any atom is -0.744 e. The van der Waals surface area contributed by atoms with Crippen LogP contribution in [0.1, 0.15) is 89.4 Å². The highest BCUT2D eigenvalue weighted by Crippen LogP contribution is 2.42. The second-order valence-corrected chi connectivity index (χ2v) is 10.7. The number of carbonyl (C=O) groups excluding carboxylic acids is 1. The van der Waals surface area contributed by atoms with Crippen LogP contribution in [0.3, 0.4) is 0 Å². The van der Waals surface area contributed by atoms with Crippen LogP contribution in [-0.2, 0) is 26.4 Å². The Morgan fingerprint density at radius 2 is 1.25 bits per heavy atom. The molecule has 136 valence electrons. The lowest BCUT2D eigenvalue weighted by molar-refractivity contribution is 0.111. The van der Waals surface area contributed by atoms with Crippen LogP contribution in [0, 0.1) is 0 Å². The molecule has 0 amide bonds. The molecule has 0 aliphatic heterocycles. The van der Waals surface area contributed by atoms with Gasteiger partial charge in [0.2, 0.25) is 0 Å². The SMILES string of the molecule is CC(C)(C)c1cc(C(C)(C)C)c(S(=O)(=O)[O-])c(C(C)(C)C)c1C=O. The van der Waals surface area contributed by atoms with Gasteiger partial charge < -0.3 is 4.55 Å². The van der Waals surface area contributed by atoms with Gasteiger partial charge in [-0.1, -0.05) is 68.4 Å². The summed E-state index contributed by atoms with van der Waals surface area (Å²) in [5.41, 5.74) is 0.305. The van der Waals surface area contributed by atoms with Gasteiger partial charge in [-0.2, -0.15) is 0 Å². The Labute approximate surface area is 146 Å². The molecule has 0 aromatic heterocycles. The molecule has 0 radical (unpaired) electrons. The fourth-order valence-electron chi connectivity index (χ4n) is 2.98. The fraction of sp³-hybridized carbons (Fsp3) is 0.632. The summed E-state index contributed by atoms with van der Waals surface area (Å²) >= 11 is 0. The molecule has 0 aliphatic carbocycles. The van der Waals surface area contributed by atoms with E-state index >= 15 is 0 Å². The second-order valence-electron chi connectivity index (χ2n) is 9.41. The summed E-state index contributed by atoms with van der Waals surface area (Å²) in [5, 5.41) is 0. The number of hydrogen-bond acceptors (Lipinski definition) is 4. The van der Waals surface area contributed by atoms with E-state index in [0.29, 0.717) is 23.0 Å². The van der Waals surface area contributed by atoms with Crippen LogP contribution in [-0.4, -0.2) is 19.3 Å². The Morgan fingerprint density at radius 1 is 0.833 bits per heavy atom. The van der Waals surface area contributed by atoms with Gasteiger partial charge in [-0.05, 0) is 32.9 Å². The lowest BCUT2D eigenvalue weighted by Crippen LogP contribution is -2.29. The molecule has 0 heterocycles. The van der Waals surface area contributed by atoms with E-state index in [1.165, 1.54) is 0 Å². The third kappa shape index (κ3) is 4.06. The molecule has 1 aromatic carbocycles. The van der Waals surface area contributed by atoms with Gasteiger partial charge in [-0.25, -0.2) is 8.42 Å². The molecule has 0 atom stereocenters. The van der Waals surface area contributed by atoms with Crippen LogP contribution in [0.4, 0.5) is 0 Å². The van der Waals surface area contributed by atoms with Crippen molar-refractivity contribution in [3.05, 3.63) is 28.3 Å². The van der Waals surface area contributed by atoms with Gasteiger partial charge in [0.05, 0.1) is 4.90 Å². The van der Waals surface area contributed by atoms with E-state index in [1.807, 2.05) is 62.3 Å². The molecular formula is C19H29O4S-. The molecule has 1 rings (SSSR count). The van der Waals surface area contributed by atoms with Gasteiger partial charge in [-0.15, -0.1) is 0 Å². The van der Waals surface area contributed by atoms with Crippen LogP contribution in [0.2, 0.25) is 0 Å². The van der Waals surface area contributed by atoms with Gasteiger partial charge in [-0.3, -0.25) is 4.79 Å². The van der Waals surface area contributed by atoms with Crippen LogP contribution in [0.25, 0.3) is 0 Å². The summed E-state index contributed by atoms with van der Waals surface area (Å²) in [7, 11) is -4.73. The first-order valence-electron chi connectivity index (χ1n) is 8.06. The molecule has 0 spiro atoms. The maximum Gasteiger partial charge on any atom is 0.150 e. The molecule has 0 saturated heterocycles. The smallest absolute Gasteiger partial charge is 0.150 e. The first-order valence-corrected chi connectivity index (χ1v) is 9.46. The van der Waals surface area contributed by atoms with Crippen molar-refractivity contribution in [2.75, 3.05) is 0 Å². The largest absolute Gasteiger partial charge is 0.744 e. The van der Waals surface area contributed by atoms with Gasteiger partial charge in [0.15, 0.2) is 6.29 Å². The molecule has 4 nitrogen and oxygen atoms in total. The van der Waals surface area contributed by atoms with Crippen LogP contribution < -0.4 is 0 Å². The summed E-state index contributed by atoms with van der Waals surface area (Å²) in [6.07, 6.45) is 0.683. The molecule has 0 N–H and O–H groups in total. The van der Waals surface area contributed by atoms with E-state index in [9.17, 15) is 17.8 Å². The van der Waals surface area contributed by atoms with Gasteiger partial charge >= 0.3 is 0 Å². The normalized spacial score (nSPS) is 13.9. The Hall–Kier alpha value is -1.20. The lowest BCUT2D eigenvalue weighted by Gasteiger charge is -2.36. The number of carbonyl (C=O) groups is 1. The molecule has 24 heavy (non-hydrogen) atoms. The average Bonchev–Trinajstić information content (AvgIpc) is 2.31. The molecule has 0 bridgehead atoms. The minimum absolute atomic E-state index is 0.238. The summed E-state index contributed by atoms with van der Waals surface area (Å²) in [4.78, 5) is 11.6. The van der Waals surface area contributed by atoms with Crippen LogP contribution in [0.5, 0.6) is 0 Å². The van der Waals surface area contributed by atoms with E-state index < -0.39 is 20.9 Å². The highest BCUT2D eigenvalue weighted by molar-refractivity contribution is 7.85. The van der Waals surface area contributed by atoms with E-state index in [4.69, 9.17) is 0 Å². The van der Waals surface area contributed by atoms with Crippen molar-refractivity contribution in [3.63, 3.8) is 0 Å². The third-order valence-corrected chi connectivity index (χ3v) is 4.98. The molecule has 0 saturated carbocycles. The van der Waals surface area contributed by atoms with Gasteiger partial charge in [0.25, 0.3) is 0 Å². The Morgan fingerprint density at radius 3 is 1.50 bits per heavy atom. The summed E-state index contributed by atoms with van der Waals surface area (Å²) in [6.45, 7) is 17.0. The number of aldehydes is 1. The first-order chi connectivity index (χ1) is 10.4. The highest BCUT2D eigenvalue weighted by atomic mass is 32.2. The van der Waals surface area contributed by atoms with Crippen molar-refractivity contribution < 1.29 is 17.8 Å². The molecule has 0 aliphatic rings. The summed E-state index contributed by atoms with van der Waals surface area (Å²) in [5.74, 6) is 0. The van der Waals surface area contributed by atoms with Crippen molar-refractivity contribution in [1.29, 1.82) is 0 Å². The average molecular weight is 354 g/mol. The molecule has 5 heteroatoms. The van der Waals surface area contributed by atoms with Crippen molar-refractivity contribution in [2.24, 2.45) is 0 Å². The van der Waals surface area contributed by atoms with E-state index in [0.717, 1.165) is 5.56 Å². The highest BCUT2D eigenvalue weighted by Gasteiger charge is 2.35. The minimum atomic E-state index is -4.73. The van der Waals surface area contributed by atoms with Gasteiger partial charge in [0, 0.05) is 5.56 Å². The number of rotatable bonds is 2. The maximum atomic E-state index is 12.1. The van der Waals surface area contributed by atoms with E-state index in [-0.39, 0.29) is 10.3 Å². The van der Waals surface area contributed by atoms with E-state index in [1.54, 1.807) is 6.07 Å². The van der Waals surface area contributed by atoms with Crippen LogP contribution >= 0.6 is 0 Å². The molecule has 0 fully saturated rings. The number of benzene rings is 1. The third-order valence-electron chi connectivity index (χ3n) is 4.05. The lowest BCUT2D eigenvalue weighted by atomic mass is 9.72. The summed E-state index contributed by atoms with van der Waals surface area (Å²) < 4.78 is 36.4. The zero-order chi connectivity index (χ0) is 19.3. The second kappa shape index (κ2) is 5.95. The zero-order valence-electron chi connectivity index (χ0n) is 16.2. The zero-order valence-corrected chi connectivity index (χ0v) is 17.0. The monoisotopic (exact) mass is 353 g/mol. The predicted octanol–water partition coefficient (Wildman–Crippen LogP) is 4.30. The topological polar surface area (TPSA) is 74.3 Å². The summed E-state index contributed by atoms with van der Waals surface area (Å²) in [6, 6.07) is 1.73. The Balaban J connectivity index is 4.34. The van der Waals surface area contributed by atoms with Gasteiger partial charge in [0.1, 0.15) is 10.1 Å². The Bertz CT molecular complexity index is 753. The van der Waals surface area contributed by atoms with Crippen molar-refractivity contribution in [1.82, 2.24) is 0 Å². The van der Waals surface area contributed by atoms with E-state index in [2.05, 4.69) is 0 Å². The van der Waals surface area contributed by atoms with Crippen molar-refractivity contribution >= 4 is 16.4 Å². The first kappa shape index (κ1) is 20.8.